The topological polar surface area (TPSA) is 30.7 Å². The Labute approximate surface area is 64.9 Å². The van der Waals surface area contributed by atoms with Crippen LogP contribution < -0.4 is 0 Å². The van der Waals surface area contributed by atoms with E-state index < -0.39 is 0 Å². The SMILES string of the molecule is C1=CN=[N+](C[N+]2=NC=CC2)C1. The van der Waals surface area contributed by atoms with Crippen molar-refractivity contribution >= 4 is 0 Å². The van der Waals surface area contributed by atoms with Crippen LogP contribution in [0.4, 0.5) is 0 Å². The van der Waals surface area contributed by atoms with Gasteiger partial charge in [-0.3, -0.25) is 0 Å². The Morgan fingerprint density at radius 1 is 1.00 bits per heavy atom. The van der Waals surface area contributed by atoms with Crippen molar-refractivity contribution in [2.24, 2.45) is 10.2 Å². The third-order valence-corrected chi connectivity index (χ3v) is 1.63. The van der Waals surface area contributed by atoms with Gasteiger partial charge in [0.05, 0.1) is 12.4 Å². The molecule has 2 aliphatic heterocycles. The van der Waals surface area contributed by atoms with Crippen molar-refractivity contribution in [2.75, 3.05) is 19.8 Å². The first kappa shape index (κ1) is 6.39. The lowest BCUT2D eigenvalue weighted by atomic mass is 10.6. The Morgan fingerprint density at radius 2 is 1.55 bits per heavy atom. The maximum atomic E-state index is 4.12. The first-order chi connectivity index (χ1) is 5.45. The molecule has 0 saturated carbocycles. The Morgan fingerprint density at radius 3 is 1.91 bits per heavy atom. The minimum Gasteiger partial charge on any atom is -0.0566 e. The van der Waals surface area contributed by atoms with E-state index in [1.54, 1.807) is 0 Å². The predicted octanol–water partition coefficient (Wildman–Crippen LogP) is 0.928. The van der Waals surface area contributed by atoms with Crippen LogP contribution in [0.2, 0.25) is 0 Å². The fourth-order valence-electron chi connectivity index (χ4n) is 1.09. The van der Waals surface area contributed by atoms with E-state index in [0.717, 1.165) is 19.8 Å². The van der Waals surface area contributed by atoms with Crippen LogP contribution >= 0.6 is 0 Å². The molecule has 0 aromatic carbocycles. The fraction of sp³-hybridized carbons (Fsp3) is 0.429. The molecule has 0 amide bonds. The van der Waals surface area contributed by atoms with E-state index in [1.807, 2.05) is 33.9 Å². The first-order valence-corrected chi connectivity index (χ1v) is 3.66. The lowest BCUT2D eigenvalue weighted by Crippen LogP contribution is -2.20. The highest BCUT2D eigenvalue weighted by molar-refractivity contribution is 4.80. The molecule has 56 valence electrons. The molecule has 0 bridgehead atoms. The van der Waals surface area contributed by atoms with Gasteiger partial charge < -0.3 is 0 Å². The maximum Gasteiger partial charge on any atom is 0.381 e. The Balaban J connectivity index is 1.91. The van der Waals surface area contributed by atoms with Crippen molar-refractivity contribution < 1.29 is 9.39 Å². The second-order valence-corrected chi connectivity index (χ2v) is 2.52. The highest BCUT2D eigenvalue weighted by atomic mass is 15.4. The summed E-state index contributed by atoms with van der Waals surface area (Å²) in [6.07, 6.45) is 7.71. The van der Waals surface area contributed by atoms with Crippen LogP contribution in [0.3, 0.4) is 0 Å². The normalized spacial score (nSPS) is 20.7. The van der Waals surface area contributed by atoms with E-state index in [9.17, 15) is 0 Å². The molecule has 0 aromatic heterocycles. The number of azo groups is 4. The van der Waals surface area contributed by atoms with Crippen LogP contribution in [0.25, 0.3) is 0 Å². The van der Waals surface area contributed by atoms with E-state index in [4.69, 9.17) is 0 Å². The molecule has 0 fully saturated rings. The average molecular weight is 150 g/mol. The van der Waals surface area contributed by atoms with E-state index >= 15 is 0 Å². The van der Waals surface area contributed by atoms with Gasteiger partial charge in [-0.25, -0.2) is 0 Å². The van der Waals surface area contributed by atoms with E-state index in [1.165, 1.54) is 0 Å². The third kappa shape index (κ3) is 1.39. The summed E-state index contributed by atoms with van der Waals surface area (Å²) in [6.45, 7) is 2.61. The molecule has 2 aliphatic rings. The summed E-state index contributed by atoms with van der Waals surface area (Å²) in [5.41, 5.74) is 0. The largest absolute Gasteiger partial charge is 0.381 e. The van der Waals surface area contributed by atoms with Crippen LogP contribution in [0, 0.1) is 0 Å². The second-order valence-electron chi connectivity index (χ2n) is 2.52. The highest BCUT2D eigenvalue weighted by Gasteiger charge is 2.18. The lowest BCUT2D eigenvalue weighted by molar-refractivity contribution is -0.773. The summed E-state index contributed by atoms with van der Waals surface area (Å²) in [6, 6.07) is 0. The van der Waals surface area contributed by atoms with Crippen molar-refractivity contribution in [3.63, 3.8) is 0 Å². The molecule has 2 rings (SSSR count). The monoisotopic (exact) mass is 150 g/mol. The van der Waals surface area contributed by atoms with Crippen LogP contribution in [0.5, 0.6) is 0 Å². The summed E-state index contributed by atoms with van der Waals surface area (Å²) in [5.74, 6) is 0. The molecule has 4 heteroatoms. The smallest absolute Gasteiger partial charge is 0.0566 e. The van der Waals surface area contributed by atoms with Gasteiger partial charge in [-0.15, -0.1) is 0 Å². The molecule has 0 atom stereocenters. The van der Waals surface area contributed by atoms with Crippen LogP contribution in [0.15, 0.2) is 34.8 Å². The Bertz CT molecular complexity index is 244. The van der Waals surface area contributed by atoms with E-state index in [2.05, 4.69) is 10.2 Å². The van der Waals surface area contributed by atoms with Gasteiger partial charge in [0.2, 0.25) is 0 Å². The van der Waals surface area contributed by atoms with Crippen molar-refractivity contribution in [1.82, 2.24) is 0 Å². The molecule has 0 saturated heterocycles. The molecule has 11 heavy (non-hydrogen) atoms. The molecule has 0 radical (unpaired) electrons. The zero-order chi connectivity index (χ0) is 7.52. The molecule has 2 heterocycles. The molecule has 0 N–H and O–H groups in total. The third-order valence-electron chi connectivity index (χ3n) is 1.63. The minimum atomic E-state index is 0.792. The predicted molar refractivity (Wildman–Crippen MR) is 38.3 cm³/mol. The van der Waals surface area contributed by atoms with E-state index in [-0.39, 0.29) is 0 Å². The minimum absolute atomic E-state index is 0.792. The van der Waals surface area contributed by atoms with Crippen LogP contribution in [-0.4, -0.2) is 29.2 Å². The summed E-state index contributed by atoms with van der Waals surface area (Å²) in [7, 11) is 0. The Kier molecular flexibility index (Phi) is 1.59. The van der Waals surface area contributed by atoms with E-state index in [0.29, 0.717) is 0 Å². The number of rotatable bonds is 2. The van der Waals surface area contributed by atoms with Crippen molar-refractivity contribution in [1.29, 1.82) is 0 Å². The van der Waals surface area contributed by atoms with Gasteiger partial charge in [0.15, 0.2) is 13.1 Å². The van der Waals surface area contributed by atoms with Crippen molar-refractivity contribution in [3.8, 4) is 0 Å². The first-order valence-electron chi connectivity index (χ1n) is 3.66. The summed E-state index contributed by atoms with van der Waals surface area (Å²) >= 11 is 0. The number of hydrogen-bond acceptors (Lipinski definition) is 2. The number of nitrogens with zero attached hydrogens (tertiary/aromatic N) is 4. The average Bonchev–Trinajstić information content (AvgIpc) is 2.60. The van der Waals surface area contributed by atoms with Gasteiger partial charge in [0.1, 0.15) is 0 Å². The standard InChI is InChI=1S/C7H10N4/c1-3-8-10(5-1)7-11-6-2-4-9-11/h1-4H,5-7H2/q+2. The summed E-state index contributed by atoms with van der Waals surface area (Å²) in [5, 5.41) is 8.25. The zero-order valence-corrected chi connectivity index (χ0v) is 6.22. The number of hydrogen-bond donors (Lipinski definition) is 0. The van der Waals surface area contributed by atoms with Crippen LogP contribution in [0.1, 0.15) is 0 Å². The van der Waals surface area contributed by atoms with Gasteiger partial charge in [0.25, 0.3) is 0 Å². The highest BCUT2D eigenvalue weighted by Crippen LogP contribution is 1.97. The van der Waals surface area contributed by atoms with Gasteiger partial charge in [-0.2, -0.15) is 0 Å². The Hall–Kier alpha value is -1.32. The van der Waals surface area contributed by atoms with Crippen molar-refractivity contribution in [3.05, 3.63) is 24.6 Å². The van der Waals surface area contributed by atoms with Gasteiger partial charge in [0, 0.05) is 12.2 Å². The van der Waals surface area contributed by atoms with Crippen LogP contribution in [-0.2, 0) is 0 Å². The quantitative estimate of drug-likeness (QED) is 0.524. The zero-order valence-electron chi connectivity index (χ0n) is 6.22. The fourth-order valence-corrected chi connectivity index (χ4v) is 1.09. The summed E-state index contributed by atoms with van der Waals surface area (Å²) in [4.78, 5) is 0. The van der Waals surface area contributed by atoms with Gasteiger partial charge in [-0.1, -0.05) is 9.39 Å². The van der Waals surface area contributed by atoms with Crippen molar-refractivity contribution in [2.45, 2.75) is 0 Å². The molecule has 0 aromatic rings. The molecular formula is C7H10N4+2. The van der Waals surface area contributed by atoms with Gasteiger partial charge >= 0.3 is 6.67 Å². The molecule has 0 spiro atoms. The lowest BCUT2D eigenvalue weighted by Gasteiger charge is -1.88. The molecule has 0 unspecified atom stereocenters. The second kappa shape index (κ2) is 2.74. The van der Waals surface area contributed by atoms with Gasteiger partial charge in [-0.05, 0) is 10.2 Å². The summed E-state index contributed by atoms with van der Waals surface area (Å²) < 4.78 is 3.94. The molecule has 4 nitrogen and oxygen atoms in total. The maximum absolute atomic E-state index is 4.12. The molecular weight excluding hydrogens is 140 g/mol. The molecule has 0 aliphatic carbocycles.